The SMILES string of the molecule is CNCCS(=O)(=O)NCc1cccc(F)c1. The van der Waals surface area contributed by atoms with E-state index in [2.05, 4.69) is 10.0 Å². The van der Waals surface area contributed by atoms with Crippen LogP contribution in [0.4, 0.5) is 4.39 Å². The van der Waals surface area contributed by atoms with Crippen molar-refractivity contribution in [2.75, 3.05) is 19.3 Å². The van der Waals surface area contributed by atoms with Gasteiger partial charge in [0.25, 0.3) is 0 Å². The molecule has 16 heavy (non-hydrogen) atoms. The highest BCUT2D eigenvalue weighted by Crippen LogP contribution is 2.03. The minimum Gasteiger partial charge on any atom is -0.319 e. The van der Waals surface area contributed by atoms with E-state index in [1.54, 1.807) is 19.2 Å². The summed E-state index contributed by atoms with van der Waals surface area (Å²) in [7, 11) is -1.61. The molecule has 6 heteroatoms. The summed E-state index contributed by atoms with van der Waals surface area (Å²) in [5.74, 6) is -0.356. The van der Waals surface area contributed by atoms with Crippen molar-refractivity contribution in [3.63, 3.8) is 0 Å². The van der Waals surface area contributed by atoms with Crippen LogP contribution in [0.15, 0.2) is 24.3 Å². The fraction of sp³-hybridized carbons (Fsp3) is 0.400. The van der Waals surface area contributed by atoms with Crippen LogP contribution in [0.3, 0.4) is 0 Å². The minimum atomic E-state index is -3.29. The summed E-state index contributed by atoms with van der Waals surface area (Å²) < 4.78 is 38.0. The van der Waals surface area contributed by atoms with E-state index in [0.717, 1.165) is 0 Å². The maximum atomic E-state index is 12.8. The molecule has 0 fully saturated rings. The molecule has 4 nitrogen and oxygen atoms in total. The number of hydrogen-bond donors (Lipinski definition) is 2. The number of nitrogens with one attached hydrogen (secondary N) is 2. The lowest BCUT2D eigenvalue weighted by Gasteiger charge is -2.06. The molecule has 0 unspecified atom stereocenters. The molecular formula is C10H15FN2O2S. The van der Waals surface area contributed by atoms with Gasteiger partial charge in [-0.3, -0.25) is 0 Å². The van der Waals surface area contributed by atoms with Crippen LogP contribution >= 0.6 is 0 Å². The number of benzene rings is 1. The third-order valence-electron chi connectivity index (χ3n) is 2.01. The van der Waals surface area contributed by atoms with Crippen molar-refractivity contribution in [1.29, 1.82) is 0 Å². The first-order valence-electron chi connectivity index (χ1n) is 4.90. The molecule has 0 aromatic heterocycles. The molecule has 2 N–H and O–H groups in total. The molecule has 1 aromatic rings. The molecule has 0 amide bonds. The highest BCUT2D eigenvalue weighted by molar-refractivity contribution is 7.89. The van der Waals surface area contributed by atoms with Gasteiger partial charge in [-0.1, -0.05) is 12.1 Å². The molecule has 0 radical (unpaired) electrons. The first-order valence-corrected chi connectivity index (χ1v) is 6.55. The molecule has 0 aliphatic carbocycles. The highest BCUT2D eigenvalue weighted by atomic mass is 32.2. The summed E-state index contributed by atoms with van der Waals surface area (Å²) in [5, 5.41) is 2.75. The van der Waals surface area contributed by atoms with Gasteiger partial charge in [0.2, 0.25) is 10.0 Å². The lowest BCUT2D eigenvalue weighted by molar-refractivity contribution is 0.578. The van der Waals surface area contributed by atoms with Gasteiger partial charge in [0.1, 0.15) is 5.82 Å². The molecule has 1 rings (SSSR count). The largest absolute Gasteiger partial charge is 0.319 e. The Morgan fingerprint density at radius 2 is 2.12 bits per heavy atom. The third kappa shape index (κ3) is 4.69. The van der Waals surface area contributed by atoms with Gasteiger partial charge < -0.3 is 5.32 Å². The molecule has 0 aliphatic rings. The van der Waals surface area contributed by atoms with Crippen molar-refractivity contribution in [2.45, 2.75) is 6.54 Å². The lowest BCUT2D eigenvalue weighted by Crippen LogP contribution is -2.30. The first kappa shape index (κ1) is 13.1. The maximum absolute atomic E-state index is 12.8. The van der Waals surface area contributed by atoms with E-state index < -0.39 is 10.0 Å². The van der Waals surface area contributed by atoms with Crippen molar-refractivity contribution < 1.29 is 12.8 Å². The first-order chi connectivity index (χ1) is 7.53. The monoisotopic (exact) mass is 246 g/mol. The minimum absolute atomic E-state index is 0.0127. The third-order valence-corrected chi connectivity index (χ3v) is 3.33. The molecule has 0 bridgehead atoms. The summed E-state index contributed by atoms with van der Waals surface area (Å²) in [6.07, 6.45) is 0. The standard InChI is InChI=1S/C10H15FN2O2S/c1-12-5-6-16(14,15)13-8-9-3-2-4-10(11)7-9/h2-4,7,12-13H,5-6,8H2,1H3. The van der Waals surface area contributed by atoms with Gasteiger partial charge in [-0.15, -0.1) is 0 Å². The van der Waals surface area contributed by atoms with Crippen LogP contribution in [-0.2, 0) is 16.6 Å². The van der Waals surface area contributed by atoms with Gasteiger partial charge in [-0.2, -0.15) is 0 Å². The number of hydrogen-bond acceptors (Lipinski definition) is 3. The number of sulfonamides is 1. The van der Waals surface area contributed by atoms with E-state index in [9.17, 15) is 12.8 Å². The average Bonchev–Trinajstić information content (AvgIpc) is 2.24. The Morgan fingerprint density at radius 1 is 1.38 bits per heavy atom. The Hall–Kier alpha value is -0.980. The Labute approximate surface area is 94.9 Å². The Bertz CT molecular complexity index is 434. The predicted octanol–water partition coefficient (Wildman–Crippen LogP) is 0.465. The van der Waals surface area contributed by atoms with Crippen LogP contribution in [0.1, 0.15) is 5.56 Å². The summed E-state index contributed by atoms with van der Waals surface area (Å²) in [6.45, 7) is 0.502. The number of rotatable bonds is 6. The molecular weight excluding hydrogens is 231 g/mol. The van der Waals surface area contributed by atoms with E-state index in [-0.39, 0.29) is 18.1 Å². The van der Waals surface area contributed by atoms with E-state index >= 15 is 0 Å². The molecule has 0 saturated carbocycles. The van der Waals surface area contributed by atoms with Crippen LogP contribution in [0.2, 0.25) is 0 Å². The Kier molecular flexibility index (Phi) is 4.85. The van der Waals surface area contributed by atoms with Gasteiger partial charge in [0.05, 0.1) is 5.75 Å². The van der Waals surface area contributed by atoms with Crippen LogP contribution in [0, 0.1) is 5.82 Å². The molecule has 90 valence electrons. The molecule has 0 spiro atoms. The zero-order valence-corrected chi connectivity index (χ0v) is 9.85. The quantitative estimate of drug-likeness (QED) is 0.767. The van der Waals surface area contributed by atoms with Crippen molar-refractivity contribution in [1.82, 2.24) is 10.0 Å². The fourth-order valence-corrected chi connectivity index (χ4v) is 2.15. The van der Waals surface area contributed by atoms with E-state index in [4.69, 9.17) is 0 Å². The van der Waals surface area contributed by atoms with Gasteiger partial charge in [0, 0.05) is 13.1 Å². The smallest absolute Gasteiger partial charge is 0.213 e. The zero-order valence-electron chi connectivity index (χ0n) is 9.03. The summed E-state index contributed by atoms with van der Waals surface area (Å²) in [5.41, 5.74) is 0.605. The topological polar surface area (TPSA) is 58.2 Å². The molecule has 0 atom stereocenters. The Morgan fingerprint density at radius 3 is 2.75 bits per heavy atom. The van der Waals surface area contributed by atoms with Crippen LogP contribution in [-0.4, -0.2) is 27.8 Å². The Balaban J connectivity index is 2.51. The highest BCUT2D eigenvalue weighted by Gasteiger charge is 2.08. The van der Waals surface area contributed by atoms with Crippen LogP contribution in [0.25, 0.3) is 0 Å². The van der Waals surface area contributed by atoms with Crippen LogP contribution < -0.4 is 10.0 Å². The van der Waals surface area contributed by atoms with Crippen molar-refractivity contribution in [3.05, 3.63) is 35.6 Å². The van der Waals surface area contributed by atoms with Gasteiger partial charge >= 0.3 is 0 Å². The van der Waals surface area contributed by atoms with E-state index in [1.807, 2.05) is 0 Å². The maximum Gasteiger partial charge on any atom is 0.213 e. The molecule has 1 aromatic carbocycles. The second-order valence-corrected chi connectivity index (χ2v) is 5.30. The van der Waals surface area contributed by atoms with Crippen molar-refractivity contribution in [3.8, 4) is 0 Å². The van der Waals surface area contributed by atoms with Gasteiger partial charge in [0.15, 0.2) is 0 Å². The summed E-state index contributed by atoms with van der Waals surface area (Å²) in [4.78, 5) is 0. The summed E-state index contributed by atoms with van der Waals surface area (Å²) in [6, 6.07) is 5.84. The van der Waals surface area contributed by atoms with Gasteiger partial charge in [-0.05, 0) is 24.7 Å². The second kappa shape index (κ2) is 5.93. The molecule has 0 saturated heterocycles. The van der Waals surface area contributed by atoms with E-state index in [1.165, 1.54) is 12.1 Å². The second-order valence-electron chi connectivity index (χ2n) is 3.37. The predicted molar refractivity (Wildman–Crippen MR) is 61.0 cm³/mol. The normalized spacial score (nSPS) is 11.6. The molecule has 0 aliphatic heterocycles. The average molecular weight is 246 g/mol. The van der Waals surface area contributed by atoms with Crippen LogP contribution in [0.5, 0.6) is 0 Å². The molecule has 0 heterocycles. The zero-order chi connectivity index (χ0) is 12.0. The van der Waals surface area contributed by atoms with Gasteiger partial charge in [-0.25, -0.2) is 17.5 Å². The van der Waals surface area contributed by atoms with Crippen molar-refractivity contribution >= 4 is 10.0 Å². The lowest BCUT2D eigenvalue weighted by atomic mass is 10.2. The summed E-state index contributed by atoms with van der Waals surface area (Å²) >= 11 is 0. The number of halogens is 1. The fourth-order valence-electron chi connectivity index (χ4n) is 1.15. The van der Waals surface area contributed by atoms with E-state index in [0.29, 0.717) is 12.1 Å². The van der Waals surface area contributed by atoms with Crippen molar-refractivity contribution in [2.24, 2.45) is 0 Å².